The first-order valence-corrected chi connectivity index (χ1v) is 6.68. The third-order valence-electron chi connectivity index (χ3n) is 3.19. The van der Waals surface area contributed by atoms with Crippen LogP contribution in [0.5, 0.6) is 0 Å². The Morgan fingerprint density at radius 1 is 1.56 bits per heavy atom. The molecular weight excluding hydrogens is 250 g/mol. The Hall–Kier alpha value is -1.16. The molecule has 1 fully saturated rings. The summed E-state index contributed by atoms with van der Waals surface area (Å²) in [5.41, 5.74) is 0.337. The van der Waals surface area contributed by atoms with Gasteiger partial charge in [-0.05, 0) is 12.3 Å². The molecule has 1 saturated heterocycles. The Balaban J connectivity index is 2.26. The number of carbonyl (C=O) groups is 1. The highest BCUT2D eigenvalue weighted by molar-refractivity contribution is 6.33. The van der Waals surface area contributed by atoms with Crippen LogP contribution >= 0.6 is 11.6 Å². The fraction of sp³-hybridized carbons (Fsp3) is 0.615. The average Bonchev–Trinajstić information content (AvgIpc) is 2.75. The predicted octanol–water partition coefficient (Wildman–Crippen LogP) is 2.74. The second-order valence-corrected chi connectivity index (χ2v) is 5.63. The van der Waals surface area contributed by atoms with Crippen LogP contribution in [0.3, 0.4) is 0 Å². The molecule has 1 amide bonds. The lowest BCUT2D eigenvalue weighted by atomic mass is 10.2. The maximum absolute atomic E-state index is 12.3. The molecule has 2 heterocycles. The molecule has 0 aromatic carbocycles. The van der Waals surface area contributed by atoms with E-state index in [1.54, 1.807) is 0 Å². The molecule has 1 atom stereocenters. The van der Waals surface area contributed by atoms with Gasteiger partial charge in [0.1, 0.15) is 5.82 Å². The van der Waals surface area contributed by atoms with Crippen molar-refractivity contribution in [2.75, 3.05) is 13.1 Å². The van der Waals surface area contributed by atoms with Crippen LogP contribution in [-0.4, -0.2) is 33.9 Å². The second-order valence-electron chi connectivity index (χ2n) is 5.22. The van der Waals surface area contributed by atoms with Gasteiger partial charge in [-0.15, -0.1) is 0 Å². The molecule has 1 unspecified atom stereocenters. The number of amides is 1. The van der Waals surface area contributed by atoms with Gasteiger partial charge in [0.05, 0.1) is 11.2 Å². The van der Waals surface area contributed by atoms with E-state index in [1.807, 2.05) is 18.7 Å². The molecule has 5 heteroatoms. The van der Waals surface area contributed by atoms with Gasteiger partial charge in [0.25, 0.3) is 5.91 Å². The molecule has 0 radical (unpaired) electrons. The fourth-order valence-electron chi connectivity index (χ4n) is 2.08. The highest BCUT2D eigenvalue weighted by atomic mass is 35.5. The summed E-state index contributed by atoms with van der Waals surface area (Å²) in [6, 6.07) is 0. The van der Waals surface area contributed by atoms with Crippen LogP contribution in [0.1, 0.15) is 49.4 Å². The van der Waals surface area contributed by atoms with Crippen molar-refractivity contribution in [3.63, 3.8) is 0 Å². The zero-order chi connectivity index (χ0) is 13.3. The van der Waals surface area contributed by atoms with Gasteiger partial charge >= 0.3 is 0 Å². The second kappa shape index (κ2) is 5.22. The highest BCUT2D eigenvalue weighted by Gasteiger charge is 2.27. The number of rotatable bonds is 2. The van der Waals surface area contributed by atoms with Crippen LogP contribution < -0.4 is 0 Å². The van der Waals surface area contributed by atoms with Crippen molar-refractivity contribution in [2.45, 2.75) is 33.1 Å². The smallest absolute Gasteiger partial charge is 0.274 e. The summed E-state index contributed by atoms with van der Waals surface area (Å²) in [6.07, 6.45) is 2.57. The molecule has 0 saturated carbocycles. The molecule has 1 aliphatic heterocycles. The standard InChI is InChI=1S/C13H18ClN3O/c1-8(2)12-15-6-10(14)11(16-12)13(18)17-5-4-9(3)7-17/h6,8-9H,4-5,7H2,1-3H3. The Bertz CT molecular complexity index is 462. The zero-order valence-corrected chi connectivity index (χ0v) is 11.7. The zero-order valence-electron chi connectivity index (χ0n) is 11.0. The maximum Gasteiger partial charge on any atom is 0.274 e. The van der Waals surface area contributed by atoms with Gasteiger partial charge in [-0.1, -0.05) is 32.4 Å². The first-order valence-electron chi connectivity index (χ1n) is 6.30. The van der Waals surface area contributed by atoms with E-state index < -0.39 is 0 Å². The molecule has 0 spiro atoms. The molecule has 4 nitrogen and oxygen atoms in total. The van der Waals surface area contributed by atoms with Crippen molar-refractivity contribution in [3.8, 4) is 0 Å². The lowest BCUT2D eigenvalue weighted by Crippen LogP contribution is -2.30. The number of aromatic nitrogens is 2. The van der Waals surface area contributed by atoms with Crippen LogP contribution in [0.25, 0.3) is 0 Å². The number of likely N-dealkylation sites (tertiary alicyclic amines) is 1. The van der Waals surface area contributed by atoms with Crippen LogP contribution in [0.4, 0.5) is 0 Å². The predicted molar refractivity (Wildman–Crippen MR) is 70.8 cm³/mol. The fourth-order valence-corrected chi connectivity index (χ4v) is 2.25. The molecule has 18 heavy (non-hydrogen) atoms. The van der Waals surface area contributed by atoms with E-state index in [0.717, 1.165) is 19.5 Å². The summed E-state index contributed by atoms with van der Waals surface area (Å²) in [6.45, 7) is 7.72. The van der Waals surface area contributed by atoms with Crippen LogP contribution in [0.15, 0.2) is 6.20 Å². The van der Waals surface area contributed by atoms with Crippen LogP contribution in [-0.2, 0) is 0 Å². The van der Waals surface area contributed by atoms with E-state index in [1.165, 1.54) is 6.20 Å². The minimum absolute atomic E-state index is 0.0753. The molecule has 0 bridgehead atoms. The quantitative estimate of drug-likeness (QED) is 0.828. The molecule has 1 aromatic rings. The van der Waals surface area contributed by atoms with Gasteiger partial charge in [0.15, 0.2) is 5.69 Å². The van der Waals surface area contributed by atoms with Gasteiger partial charge in [0, 0.05) is 19.0 Å². The Morgan fingerprint density at radius 2 is 2.28 bits per heavy atom. The monoisotopic (exact) mass is 267 g/mol. The molecule has 1 aliphatic rings. The number of hydrogen-bond acceptors (Lipinski definition) is 3. The largest absolute Gasteiger partial charge is 0.337 e. The Morgan fingerprint density at radius 3 is 2.83 bits per heavy atom. The van der Waals surface area contributed by atoms with Crippen molar-refractivity contribution in [3.05, 3.63) is 22.7 Å². The van der Waals surface area contributed by atoms with E-state index in [0.29, 0.717) is 22.5 Å². The molecule has 0 aliphatic carbocycles. The number of carbonyl (C=O) groups excluding carboxylic acids is 1. The Labute approximate surface area is 112 Å². The maximum atomic E-state index is 12.3. The van der Waals surface area contributed by atoms with E-state index in [2.05, 4.69) is 16.9 Å². The number of hydrogen-bond donors (Lipinski definition) is 0. The molecular formula is C13H18ClN3O. The molecule has 1 aromatic heterocycles. The van der Waals surface area contributed by atoms with E-state index in [-0.39, 0.29) is 11.8 Å². The van der Waals surface area contributed by atoms with E-state index >= 15 is 0 Å². The summed E-state index contributed by atoms with van der Waals surface area (Å²) in [4.78, 5) is 22.6. The lowest BCUT2D eigenvalue weighted by molar-refractivity contribution is 0.0782. The van der Waals surface area contributed by atoms with Crippen molar-refractivity contribution < 1.29 is 4.79 Å². The van der Waals surface area contributed by atoms with Crippen molar-refractivity contribution in [1.29, 1.82) is 0 Å². The lowest BCUT2D eigenvalue weighted by Gasteiger charge is -2.16. The summed E-state index contributed by atoms with van der Waals surface area (Å²) in [7, 11) is 0. The van der Waals surface area contributed by atoms with E-state index in [4.69, 9.17) is 11.6 Å². The molecule has 2 rings (SSSR count). The van der Waals surface area contributed by atoms with Gasteiger partial charge in [0.2, 0.25) is 0 Å². The van der Waals surface area contributed by atoms with Gasteiger partial charge in [-0.3, -0.25) is 4.79 Å². The first kappa shape index (κ1) is 13.3. The summed E-state index contributed by atoms with van der Waals surface area (Å²) in [5, 5.41) is 0.337. The minimum atomic E-state index is -0.0753. The molecule has 0 N–H and O–H groups in total. The normalized spacial score (nSPS) is 19.6. The number of halogens is 1. The molecule has 98 valence electrons. The highest BCUT2D eigenvalue weighted by Crippen LogP contribution is 2.22. The average molecular weight is 268 g/mol. The van der Waals surface area contributed by atoms with E-state index in [9.17, 15) is 4.79 Å². The third kappa shape index (κ3) is 2.64. The minimum Gasteiger partial charge on any atom is -0.337 e. The summed E-state index contributed by atoms with van der Waals surface area (Å²) >= 11 is 6.04. The summed E-state index contributed by atoms with van der Waals surface area (Å²) < 4.78 is 0. The first-order chi connectivity index (χ1) is 8.49. The van der Waals surface area contributed by atoms with Crippen molar-refractivity contribution >= 4 is 17.5 Å². The third-order valence-corrected chi connectivity index (χ3v) is 3.47. The van der Waals surface area contributed by atoms with Crippen molar-refractivity contribution in [1.82, 2.24) is 14.9 Å². The van der Waals surface area contributed by atoms with Crippen molar-refractivity contribution in [2.24, 2.45) is 5.92 Å². The van der Waals surface area contributed by atoms with Gasteiger partial charge in [-0.25, -0.2) is 9.97 Å². The van der Waals surface area contributed by atoms with Gasteiger partial charge in [-0.2, -0.15) is 0 Å². The van der Waals surface area contributed by atoms with Gasteiger partial charge < -0.3 is 4.90 Å². The SMILES string of the molecule is CC1CCN(C(=O)c2nc(C(C)C)ncc2Cl)C1. The van der Waals surface area contributed by atoms with Crippen LogP contribution in [0, 0.1) is 5.92 Å². The topological polar surface area (TPSA) is 46.1 Å². The van der Waals surface area contributed by atoms with Crippen LogP contribution in [0.2, 0.25) is 5.02 Å². The Kier molecular flexibility index (Phi) is 3.85. The summed E-state index contributed by atoms with van der Waals surface area (Å²) in [5.74, 6) is 1.33. The number of nitrogens with zero attached hydrogens (tertiary/aromatic N) is 3.